The number of halogens is 2. The van der Waals surface area contributed by atoms with Crippen molar-refractivity contribution in [2.24, 2.45) is 4.99 Å². The third-order valence-electron chi connectivity index (χ3n) is 5.04. The molecule has 0 spiro atoms. The Morgan fingerprint density at radius 1 is 1.07 bits per heavy atom. The summed E-state index contributed by atoms with van der Waals surface area (Å²) in [7, 11) is 0. The highest BCUT2D eigenvalue weighted by atomic mass is 19.2. The standard InChI is InChI=1S/C19H13F2N7O/c20-13-7-5-12(6-8-13)17-23-19(29-24-17)27-10-22-18-14-3-1-2-4-15(14)26-11-25(21)9-16(26)28(18)27/h1-10,18H,11H2. The lowest BCUT2D eigenvalue weighted by atomic mass is 10.1. The first kappa shape index (κ1) is 16.0. The molecule has 8 nitrogen and oxygen atoms in total. The van der Waals surface area contributed by atoms with E-state index in [0.29, 0.717) is 22.3 Å². The molecule has 144 valence electrons. The fraction of sp³-hybridized carbons (Fsp3) is 0.105. The number of benzene rings is 2. The maximum absolute atomic E-state index is 14.1. The number of aromatic nitrogens is 2. The molecule has 6 rings (SSSR count). The summed E-state index contributed by atoms with van der Waals surface area (Å²) in [6, 6.07) is 13.7. The number of aliphatic imine (C=N–C) groups is 1. The Kier molecular flexibility index (Phi) is 3.19. The molecule has 3 aliphatic heterocycles. The van der Waals surface area contributed by atoms with Crippen LogP contribution in [-0.4, -0.2) is 33.3 Å². The number of anilines is 2. The van der Waals surface area contributed by atoms with E-state index in [2.05, 4.69) is 15.1 Å². The van der Waals surface area contributed by atoms with Gasteiger partial charge in [-0.25, -0.2) is 14.4 Å². The van der Waals surface area contributed by atoms with Gasteiger partial charge in [-0.05, 0) is 30.3 Å². The molecule has 4 heterocycles. The molecule has 0 saturated heterocycles. The van der Waals surface area contributed by atoms with Gasteiger partial charge in [-0.15, -0.1) is 0 Å². The van der Waals surface area contributed by atoms with Gasteiger partial charge in [0.15, 0.2) is 12.0 Å². The summed E-state index contributed by atoms with van der Waals surface area (Å²) in [5, 5.41) is 7.99. The van der Waals surface area contributed by atoms with Crippen LogP contribution in [0.3, 0.4) is 0 Å². The maximum atomic E-state index is 14.1. The minimum Gasteiger partial charge on any atom is -0.313 e. The number of para-hydroxylation sites is 1. The highest BCUT2D eigenvalue weighted by molar-refractivity contribution is 5.80. The van der Waals surface area contributed by atoms with E-state index in [1.165, 1.54) is 18.3 Å². The van der Waals surface area contributed by atoms with Crippen LogP contribution in [0.5, 0.6) is 0 Å². The topological polar surface area (TPSA) is 64.2 Å². The van der Waals surface area contributed by atoms with Crippen LogP contribution in [0.15, 0.2) is 70.1 Å². The summed E-state index contributed by atoms with van der Waals surface area (Å²) in [6.45, 7) is 0.0774. The van der Waals surface area contributed by atoms with Crippen molar-refractivity contribution in [2.45, 2.75) is 6.17 Å². The quantitative estimate of drug-likeness (QED) is 0.618. The molecule has 3 aliphatic rings. The average Bonchev–Trinajstić information content (AvgIpc) is 3.45. The average molecular weight is 393 g/mol. The van der Waals surface area contributed by atoms with Crippen LogP contribution in [0.2, 0.25) is 0 Å². The lowest BCUT2D eigenvalue weighted by Crippen LogP contribution is -2.46. The van der Waals surface area contributed by atoms with Gasteiger partial charge in [-0.3, -0.25) is 0 Å². The van der Waals surface area contributed by atoms with Gasteiger partial charge in [0.1, 0.15) is 18.8 Å². The molecule has 0 radical (unpaired) electrons. The third-order valence-corrected chi connectivity index (χ3v) is 5.04. The molecule has 1 aromatic heterocycles. The Labute approximate surface area is 163 Å². The normalized spacial score (nSPS) is 19.4. The predicted molar refractivity (Wildman–Crippen MR) is 100 cm³/mol. The fourth-order valence-electron chi connectivity index (χ4n) is 3.75. The lowest BCUT2D eigenvalue weighted by Gasteiger charge is -2.41. The van der Waals surface area contributed by atoms with Crippen molar-refractivity contribution in [1.82, 2.24) is 20.3 Å². The fourth-order valence-corrected chi connectivity index (χ4v) is 3.75. The molecule has 0 N–H and O–H groups in total. The van der Waals surface area contributed by atoms with Gasteiger partial charge in [0.25, 0.3) is 0 Å². The van der Waals surface area contributed by atoms with Gasteiger partial charge in [0, 0.05) is 11.1 Å². The smallest absolute Gasteiger partial charge is 0.313 e. The Hall–Kier alpha value is -3.95. The molecule has 0 bridgehead atoms. The van der Waals surface area contributed by atoms with Gasteiger partial charge in [-0.2, -0.15) is 15.1 Å². The van der Waals surface area contributed by atoms with Gasteiger partial charge < -0.3 is 9.42 Å². The molecule has 3 aromatic rings. The van der Waals surface area contributed by atoms with E-state index in [1.807, 2.05) is 29.2 Å². The van der Waals surface area contributed by atoms with Crippen LogP contribution in [0.4, 0.5) is 20.6 Å². The molecule has 1 unspecified atom stereocenters. The predicted octanol–water partition coefficient (Wildman–Crippen LogP) is 3.42. The van der Waals surface area contributed by atoms with Crippen LogP contribution in [-0.2, 0) is 0 Å². The van der Waals surface area contributed by atoms with Crippen molar-refractivity contribution in [3.8, 4) is 11.4 Å². The molecule has 0 fully saturated rings. The van der Waals surface area contributed by atoms with Gasteiger partial charge >= 0.3 is 6.01 Å². The van der Waals surface area contributed by atoms with Crippen molar-refractivity contribution < 1.29 is 13.4 Å². The van der Waals surface area contributed by atoms with E-state index in [4.69, 9.17) is 4.52 Å². The van der Waals surface area contributed by atoms with E-state index < -0.39 is 0 Å². The zero-order valence-electron chi connectivity index (χ0n) is 14.9. The van der Waals surface area contributed by atoms with Gasteiger partial charge in [0.2, 0.25) is 5.82 Å². The van der Waals surface area contributed by atoms with Gasteiger partial charge in [0.05, 0.1) is 11.9 Å². The van der Waals surface area contributed by atoms with E-state index in [0.717, 1.165) is 11.3 Å². The zero-order chi connectivity index (χ0) is 19.5. The lowest BCUT2D eigenvalue weighted by molar-refractivity contribution is 0.104. The number of fused-ring (bicyclic) bond motifs is 6. The summed E-state index contributed by atoms with van der Waals surface area (Å²) >= 11 is 0. The molecule has 0 aliphatic carbocycles. The summed E-state index contributed by atoms with van der Waals surface area (Å²) in [5.74, 6) is 0.580. The second kappa shape index (κ2) is 5.77. The Morgan fingerprint density at radius 2 is 1.90 bits per heavy atom. The molecule has 2 aromatic carbocycles. The van der Waals surface area contributed by atoms with E-state index in [1.54, 1.807) is 28.5 Å². The zero-order valence-corrected chi connectivity index (χ0v) is 14.9. The summed E-state index contributed by atoms with van der Waals surface area (Å²) in [4.78, 5) is 10.8. The molecule has 10 heteroatoms. The number of hydrogen-bond donors (Lipinski definition) is 0. The summed E-state index contributed by atoms with van der Waals surface area (Å²) in [5.41, 5.74) is 2.46. The van der Waals surface area contributed by atoms with Crippen molar-refractivity contribution in [3.63, 3.8) is 0 Å². The highest BCUT2D eigenvalue weighted by Crippen LogP contribution is 2.46. The summed E-state index contributed by atoms with van der Waals surface area (Å²) < 4.78 is 32.7. The molecule has 0 amide bonds. The molecule has 1 atom stereocenters. The second-order valence-electron chi connectivity index (χ2n) is 6.75. The van der Waals surface area contributed by atoms with E-state index in [-0.39, 0.29) is 24.7 Å². The molecular weight excluding hydrogens is 380 g/mol. The number of rotatable bonds is 2. The Morgan fingerprint density at radius 3 is 2.76 bits per heavy atom. The van der Waals surface area contributed by atoms with Crippen LogP contribution in [0.25, 0.3) is 11.4 Å². The molecular formula is C19H13F2N7O. The first-order valence-electron chi connectivity index (χ1n) is 8.91. The molecule has 29 heavy (non-hydrogen) atoms. The minimum absolute atomic E-state index is 0.0774. The van der Waals surface area contributed by atoms with E-state index in [9.17, 15) is 8.87 Å². The summed E-state index contributed by atoms with van der Waals surface area (Å²) in [6.07, 6.45) is 2.61. The SMILES string of the molecule is Fc1ccc(-c2noc(N3C=NC4c5ccccc5N5CN(F)C=C5N43)n2)cc1. The third kappa shape index (κ3) is 2.32. The number of nitrogens with zero attached hydrogens (tertiary/aromatic N) is 7. The maximum Gasteiger partial charge on any atom is 0.349 e. The molecule has 0 saturated carbocycles. The first-order chi connectivity index (χ1) is 14.2. The first-order valence-corrected chi connectivity index (χ1v) is 8.91. The second-order valence-corrected chi connectivity index (χ2v) is 6.75. The minimum atomic E-state index is -0.374. The number of hydrogen-bond acceptors (Lipinski definition) is 8. The Balaban J connectivity index is 1.40. The van der Waals surface area contributed by atoms with Crippen LogP contribution >= 0.6 is 0 Å². The van der Waals surface area contributed by atoms with Crippen LogP contribution in [0.1, 0.15) is 11.7 Å². The van der Waals surface area contributed by atoms with Crippen LogP contribution in [0, 0.1) is 5.82 Å². The van der Waals surface area contributed by atoms with Crippen molar-refractivity contribution in [2.75, 3.05) is 16.6 Å². The monoisotopic (exact) mass is 393 g/mol. The number of hydrazine groups is 1. The van der Waals surface area contributed by atoms with E-state index >= 15 is 0 Å². The van der Waals surface area contributed by atoms with Gasteiger partial charge in [-0.1, -0.05) is 27.8 Å². The largest absolute Gasteiger partial charge is 0.349 e. The van der Waals surface area contributed by atoms with Crippen molar-refractivity contribution in [3.05, 3.63) is 71.9 Å². The Bertz CT molecular complexity index is 1160. The van der Waals surface area contributed by atoms with Crippen molar-refractivity contribution >= 4 is 18.0 Å². The van der Waals surface area contributed by atoms with Crippen LogP contribution < -0.4 is 9.91 Å². The highest BCUT2D eigenvalue weighted by Gasteiger charge is 2.45. The van der Waals surface area contributed by atoms with Crippen molar-refractivity contribution in [1.29, 1.82) is 0 Å².